The van der Waals surface area contributed by atoms with Gasteiger partial charge in [-0.3, -0.25) is 0 Å². The lowest BCUT2D eigenvalue weighted by molar-refractivity contribution is 0.400. The third-order valence-electron chi connectivity index (χ3n) is 14.2. The maximum absolute atomic E-state index is 5.40. The minimum atomic E-state index is 0.643. The molecule has 0 aliphatic carbocycles. The van der Waals surface area contributed by atoms with Gasteiger partial charge in [-0.1, -0.05) is 220 Å². The molecule has 2 N–H and O–H groups in total. The van der Waals surface area contributed by atoms with Crippen molar-refractivity contribution in [3.8, 4) is 0 Å². The summed E-state index contributed by atoms with van der Waals surface area (Å²) in [7, 11) is 0. The summed E-state index contributed by atoms with van der Waals surface area (Å²) in [5, 5.41) is 0. The molecular formula is C58H88Br2N4. The molecule has 0 saturated heterocycles. The van der Waals surface area contributed by atoms with E-state index in [-0.39, 0.29) is 0 Å². The van der Waals surface area contributed by atoms with E-state index >= 15 is 0 Å². The van der Waals surface area contributed by atoms with Gasteiger partial charge in [-0.2, -0.15) is 0 Å². The van der Waals surface area contributed by atoms with Crippen molar-refractivity contribution in [3.05, 3.63) is 67.1 Å². The lowest BCUT2D eigenvalue weighted by atomic mass is 9.88. The quantitative estimate of drug-likeness (QED) is 0.0404. The molecule has 6 heteroatoms. The Morgan fingerprint density at radius 1 is 0.359 bits per heavy atom. The Morgan fingerprint density at radius 2 is 0.641 bits per heavy atom. The first-order chi connectivity index (χ1) is 31.4. The van der Waals surface area contributed by atoms with Crippen LogP contribution in [0, 0.1) is 11.8 Å². The summed E-state index contributed by atoms with van der Waals surface area (Å²) in [5.41, 5.74) is 11.3. The highest BCUT2D eigenvalue weighted by Crippen LogP contribution is 2.34. The maximum Gasteiger partial charge on any atom is 0.0801 e. The molecule has 0 radical (unpaired) electrons. The molecule has 3 aromatic rings. The Hall–Kier alpha value is -2.44. The summed E-state index contributed by atoms with van der Waals surface area (Å²) in [4.78, 5) is 18.6. The Kier molecular flexibility index (Phi) is 25.3. The number of unbranched alkanes of at least 4 members (excludes halogenated alkanes) is 22. The van der Waals surface area contributed by atoms with Gasteiger partial charge in [0.1, 0.15) is 0 Å². The van der Waals surface area contributed by atoms with Crippen LogP contribution in [-0.4, -0.2) is 19.9 Å². The molecule has 3 aromatic heterocycles. The van der Waals surface area contributed by atoms with Crippen molar-refractivity contribution in [2.75, 3.05) is 0 Å². The number of fused-ring (bicyclic) bond motifs is 8. The zero-order valence-corrected chi connectivity index (χ0v) is 44.2. The van der Waals surface area contributed by atoms with Crippen LogP contribution in [0.4, 0.5) is 0 Å². The van der Waals surface area contributed by atoms with Gasteiger partial charge in [-0.05, 0) is 105 Å². The monoisotopic (exact) mass is 999 g/mol. The number of hydrogen-bond acceptors (Lipinski definition) is 2. The van der Waals surface area contributed by atoms with E-state index in [4.69, 9.17) is 9.97 Å². The molecule has 0 spiro atoms. The van der Waals surface area contributed by atoms with Crippen molar-refractivity contribution >= 4 is 78.2 Å². The number of halogens is 2. The van der Waals surface area contributed by atoms with E-state index in [1.807, 2.05) is 0 Å². The summed E-state index contributed by atoms with van der Waals surface area (Å²) in [6.07, 6.45) is 51.4. The number of nitrogens with zero attached hydrogens (tertiary/aromatic N) is 2. The highest BCUT2D eigenvalue weighted by atomic mass is 79.9. The number of aromatic amines is 2. The second kappa shape index (κ2) is 30.8. The molecule has 2 aliphatic rings. The lowest BCUT2D eigenvalue weighted by Crippen LogP contribution is -2.07. The van der Waals surface area contributed by atoms with Crippen LogP contribution in [0.25, 0.3) is 46.4 Å². The van der Waals surface area contributed by atoms with E-state index in [1.54, 1.807) is 0 Å². The van der Waals surface area contributed by atoms with Gasteiger partial charge in [0.2, 0.25) is 0 Å². The zero-order chi connectivity index (χ0) is 45.2. The van der Waals surface area contributed by atoms with Gasteiger partial charge in [-0.25, -0.2) is 9.97 Å². The molecule has 0 saturated carbocycles. The van der Waals surface area contributed by atoms with Gasteiger partial charge in [-0.15, -0.1) is 0 Å². The minimum Gasteiger partial charge on any atom is -0.354 e. The zero-order valence-electron chi connectivity index (χ0n) is 41.1. The summed E-state index contributed by atoms with van der Waals surface area (Å²) >= 11 is 8.13. The van der Waals surface area contributed by atoms with Crippen LogP contribution in [0.3, 0.4) is 0 Å². The van der Waals surface area contributed by atoms with Crippen molar-refractivity contribution < 1.29 is 0 Å². The average Bonchev–Trinajstić information content (AvgIpc) is 4.16. The van der Waals surface area contributed by atoms with Gasteiger partial charge in [0.15, 0.2) is 0 Å². The Bertz CT molecular complexity index is 1860. The van der Waals surface area contributed by atoms with E-state index in [0.717, 1.165) is 55.6 Å². The predicted octanol–water partition coefficient (Wildman–Crippen LogP) is 20.3. The summed E-state index contributed by atoms with van der Waals surface area (Å²) in [5.74, 6) is 1.29. The molecular weight excluding hydrogens is 912 g/mol. The topological polar surface area (TPSA) is 57.4 Å². The van der Waals surface area contributed by atoms with E-state index in [9.17, 15) is 0 Å². The molecule has 0 amide bonds. The third-order valence-corrected chi connectivity index (χ3v) is 15.9. The molecule has 2 atom stereocenters. The smallest absolute Gasteiger partial charge is 0.0801 e. The fourth-order valence-corrected chi connectivity index (χ4v) is 11.1. The SMILES string of the molecule is CCCCCCCCCC(CCCCCCCC)Cc1c2nc(c(Br)c3nc(c(CC(CCCCCCCC)CCCCCCCCC)c4ccc([nH]4)c(Br)c4ccc1[nH]4)C=C3)C=C2. The minimum absolute atomic E-state index is 0.643. The van der Waals surface area contributed by atoms with Gasteiger partial charge in [0, 0.05) is 22.2 Å². The van der Waals surface area contributed by atoms with Crippen molar-refractivity contribution in [3.63, 3.8) is 0 Å². The summed E-state index contributed by atoms with van der Waals surface area (Å²) < 4.78 is 2.04. The van der Waals surface area contributed by atoms with Gasteiger partial charge >= 0.3 is 0 Å². The second-order valence-corrected chi connectivity index (χ2v) is 21.2. The van der Waals surface area contributed by atoms with E-state index in [1.165, 1.54) is 215 Å². The molecule has 5 rings (SSSR count). The van der Waals surface area contributed by atoms with Crippen LogP contribution in [0.15, 0.2) is 33.2 Å². The summed E-state index contributed by atoms with van der Waals surface area (Å²) in [6.45, 7) is 9.26. The van der Waals surface area contributed by atoms with Gasteiger partial charge < -0.3 is 9.97 Å². The molecule has 2 aliphatic heterocycles. The van der Waals surface area contributed by atoms with Crippen LogP contribution in [0.2, 0.25) is 0 Å². The summed E-state index contributed by atoms with van der Waals surface area (Å²) in [6, 6.07) is 9.12. The normalized spacial score (nSPS) is 13.3. The van der Waals surface area contributed by atoms with Crippen LogP contribution < -0.4 is 0 Å². The highest BCUT2D eigenvalue weighted by molar-refractivity contribution is 9.11. The van der Waals surface area contributed by atoms with Crippen molar-refractivity contribution in [1.82, 2.24) is 19.9 Å². The lowest BCUT2D eigenvalue weighted by Gasteiger charge is -2.18. The van der Waals surface area contributed by atoms with Crippen LogP contribution >= 0.6 is 31.9 Å². The van der Waals surface area contributed by atoms with Crippen molar-refractivity contribution in [2.24, 2.45) is 11.8 Å². The third kappa shape index (κ3) is 17.7. The van der Waals surface area contributed by atoms with Crippen molar-refractivity contribution in [2.45, 2.75) is 233 Å². The fourth-order valence-electron chi connectivity index (χ4n) is 10.2. The average molecular weight is 1000 g/mol. The Balaban J connectivity index is 1.49. The van der Waals surface area contributed by atoms with Crippen LogP contribution in [-0.2, 0) is 12.8 Å². The first kappa shape index (κ1) is 52.5. The predicted molar refractivity (Wildman–Crippen MR) is 290 cm³/mol. The first-order valence-corrected chi connectivity index (χ1v) is 28.5. The number of hydrogen-bond donors (Lipinski definition) is 2. The number of H-pyrrole nitrogens is 2. The molecule has 0 aromatic carbocycles. The second-order valence-electron chi connectivity index (χ2n) is 19.7. The fraction of sp³-hybridized carbons (Fsp3) is 0.655. The van der Waals surface area contributed by atoms with E-state index < -0.39 is 0 Å². The van der Waals surface area contributed by atoms with Crippen LogP contribution in [0.1, 0.15) is 254 Å². The number of rotatable bonds is 34. The van der Waals surface area contributed by atoms with E-state index in [2.05, 4.69) is 118 Å². The molecule has 8 bridgehead atoms. The Labute approximate surface area is 407 Å². The Morgan fingerprint density at radius 3 is 0.969 bits per heavy atom. The number of nitrogens with one attached hydrogen (secondary N) is 2. The van der Waals surface area contributed by atoms with Crippen LogP contribution in [0.5, 0.6) is 0 Å². The van der Waals surface area contributed by atoms with E-state index in [0.29, 0.717) is 11.8 Å². The van der Waals surface area contributed by atoms with Crippen molar-refractivity contribution in [1.29, 1.82) is 0 Å². The molecule has 0 fully saturated rings. The van der Waals surface area contributed by atoms with Gasteiger partial charge in [0.05, 0.1) is 42.8 Å². The largest absolute Gasteiger partial charge is 0.354 e. The first-order valence-electron chi connectivity index (χ1n) is 26.9. The molecule has 64 heavy (non-hydrogen) atoms. The highest BCUT2D eigenvalue weighted by Gasteiger charge is 2.20. The number of aromatic nitrogens is 4. The molecule has 4 nitrogen and oxygen atoms in total. The molecule has 2 unspecified atom stereocenters. The maximum atomic E-state index is 5.40. The van der Waals surface area contributed by atoms with Gasteiger partial charge in [0.25, 0.3) is 0 Å². The standard InChI is InChI=1S/C58H88Br2N4/c1-5-9-13-17-21-25-29-33-45(31-27-23-19-15-11-7-3)43-47-49-35-39-53(61-49)57(59)55-41-37-51(63-55)48(52-38-42-56(64-52)58(60)54-40-36-50(47)62-54)44-46(32-28-24-20-16-12-8-4)34-30-26-22-18-14-10-6-2/h35-42,45-46,61,63H,5-34,43-44H2,1-4H3. The molecule has 5 heterocycles. The molecule has 354 valence electrons.